The van der Waals surface area contributed by atoms with E-state index < -0.39 is 36.5 Å². The van der Waals surface area contributed by atoms with Gasteiger partial charge < -0.3 is 34.6 Å². The van der Waals surface area contributed by atoms with Crippen LogP contribution in [-0.2, 0) is 15.9 Å². The minimum absolute atomic E-state index is 0.103. The van der Waals surface area contributed by atoms with Crippen LogP contribution in [0, 0.1) is 0 Å². The number of hydrogen-bond donors (Lipinski definition) is 4. The third kappa shape index (κ3) is 5.58. The molecule has 2 saturated heterocycles. The molecule has 0 bridgehead atoms. The van der Waals surface area contributed by atoms with E-state index in [2.05, 4.69) is 0 Å². The molecule has 0 spiro atoms. The highest BCUT2D eigenvalue weighted by molar-refractivity contribution is 7.99. The zero-order chi connectivity index (χ0) is 22.7. The van der Waals surface area contributed by atoms with Gasteiger partial charge in [0.1, 0.15) is 41.7 Å². The average molecular weight is 483 g/mol. The Morgan fingerprint density at radius 2 is 1.81 bits per heavy atom. The molecule has 6 atom stereocenters. The zero-order valence-corrected chi connectivity index (χ0v) is 18.9. The first kappa shape index (κ1) is 23.8. The summed E-state index contributed by atoms with van der Waals surface area (Å²) in [4.78, 5) is 0.787. The van der Waals surface area contributed by atoms with Crippen molar-refractivity contribution in [2.45, 2.75) is 53.7 Å². The van der Waals surface area contributed by atoms with Crippen LogP contribution < -0.4 is 4.74 Å². The van der Waals surface area contributed by atoms with Crippen molar-refractivity contribution < 1.29 is 34.6 Å². The van der Waals surface area contributed by atoms with Crippen LogP contribution in [0.1, 0.15) is 17.5 Å². The van der Waals surface area contributed by atoms with Gasteiger partial charge in [0, 0.05) is 16.3 Å². The first-order valence-electron chi connectivity index (χ1n) is 10.5. The smallest absolute Gasteiger partial charge is 0.136 e. The molecular formula is C23H27ClO7S. The Morgan fingerprint density at radius 3 is 2.50 bits per heavy atom. The Labute approximate surface area is 195 Å². The van der Waals surface area contributed by atoms with Crippen LogP contribution in [0.15, 0.2) is 47.4 Å². The second-order valence-corrected chi connectivity index (χ2v) is 9.57. The summed E-state index contributed by atoms with van der Waals surface area (Å²) in [5, 5.41) is 40.2. The fraction of sp³-hybridized carbons (Fsp3) is 0.478. The van der Waals surface area contributed by atoms with Gasteiger partial charge in [0.15, 0.2) is 0 Å². The molecule has 0 unspecified atom stereocenters. The van der Waals surface area contributed by atoms with Crippen molar-refractivity contribution in [2.75, 3.05) is 19.8 Å². The van der Waals surface area contributed by atoms with E-state index in [4.69, 9.17) is 25.8 Å². The predicted molar refractivity (Wildman–Crippen MR) is 120 cm³/mol. The molecule has 7 nitrogen and oxygen atoms in total. The summed E-state index contributed by atoms with van der Waals surface area (Å²) in [5.41, 5.74) is 1.13. The summed E-state index contributed by atoms with van der Waals surface area (Å²) in [7, 11) is 0. The van der Waals surface area contributed by atoms with E-state index >= 15 is 0 Å². The predicted octanol–water partition coefficient (Wildman–Crippen LogP) is 1.99. The Hall–Kier alpha value is -1.36. The largest absolute Gasteiger partial charge is 0.488 e. The molecule has 2 heterocycles. The Balaban J connectivity index is 1.42. The Bertz CT molecular complexity index is 888. The van der Waals surface area contributed by atoms with Crippen LogP contribution >= 0.6 is 23.4 Å². The van der Waals surface area contributed by atoms with E-state index in [9.17, 15) is 20.4 Å². The number of benzene rings is 2. The fourth-order valence-corrected chi connectivity index (χ4v) is 5.07. The monoisotopic (exact) mass is 482 g/mol. The van der Waals surface area contributed by atoms with Gasteiger partial charge in [-0.15, -0.1) is 0 Å². The summed E-state index contributed by atoms with van der Waals surface area (Å²) in [6.45, 7) is 0.899. The lowest BCUT2D eigenvalue weighted by Crippen LogP contribution is -2.57. The Morgan fingerprint density at radius 1 is 1.03 bits per heavy atom. The van der Waals surface area contributed by atoms with Crippen molar-refractivity contribution >= 4 is 23.4 Å². The van der Waals surface area contributed by atoms with Crippen molar-refractivity contribution in [3.63, 3.8) is 0 Å². The third-order valence-electron chi connectivity index (χ3n) is 5.63. The van der Waals surface area contributed by atoms with Crippen molar-refractivity contribution in [3.8, 4) is 5.75 Å². The van der Waals surface area contributed by atoms with E-state index in [1.54, 1.807) is 12.1 Å². The Kier molecular flexibility index (Phi) is 7.96. The van der Waals surface area contributed by atoms with Crippen LogP contribution in [0.3, 0.4) is 0 Å². The molecule has 0 aromatic heterocycles. The minimum Gasteiger partial charge on any atom is -0.488 e. The van der Waals surface area contributed by atoms with E-state index in [0.717, 1.165) is 34.8 Å². The van der Waals surface area contributed by atoms with Gasteiger partial charge in [-0.3, -0.25) is 0 Å². The van der Waals surface area contributed by atoms with E-state index in [1.165, 1.54) is 11.8 Å². The summed E-state index contributed by atoms with van der Waals surface area (Å²) in [5.74, 6) is 0.808. The molecule has 32 heavy (non-hydrogen) atoms. The van der Waals surface area contributed by atoms with Gasteiger partial charge >= 0.3 is 0 Å². The normalized spacial score (nSPS) is 30.4. The topological polar surface area (TPSA) is 109 Å². The zero-order valence-electron chi connectivity index (χ0n) is 17.3. The highest BCUT2D eigenvalue weighted by atomic mass is 35.5. The van der Waals surface area contributed by atoms with Gasteiger partial charge in [0.2, 0.25) is 0 Å². The van der Waals surface area contributed by atoms with Crippen LogP contribution in [-0.4, -0.2) is 76.2 Å². The van der Waals surface area contributed by atoms with E-state index in [-0.39, 0.29) is 6.10 Å². The van der Waals surface area contributed by atoms with Gasteiger partial charge in [0.05, 0.1) is 19.8 Å². The van der Waals surface area contributed by atoms with E-state index in [0.29, 0.717) is 18.1 Å². The number of rotatable bonds is 7. The number of aliphatic hydroxyl groups is 4. The molecule has 2 aromatic rings. The number of ether oxygens (including phenoxy) is 3. The molecule has 2 aliphatic heterocycles. The number of thioether (sulfide) groups is 1. The lowest BCUT2D eigenvalue weighted by atomic mass is 10.0. The molecule has 2 aliphatic rings. The second kappa shape index (κ2) is 10.7. The third-order valence-corrected chi connectivity index (χ3v) is 7.14. The van der Waals surface area contributed by atoms with Crippen molar-refractivity contribution in [1.29, 1.82) is 0 Å². The van der Waals surface area contributed by atoms with Crippen LogP contribution in [0.4, 0.5) is 0 Å². The standard InChI is InChI=1S/C23H27ClO7S/c24-18-6-5-17(32-23-22(28)21(27)20(26)19(11-25)31-23)10-14(18)9-13-1-3-15(4-2-13)30-16-7-8-29-12-16/h1-6,10,16,19-23,25-28H,7-9,11-12H2/t16-,19+,20+,21-,22+,23-/m0/s1. The number of hydrogen-bond acceptors (Lipinski definition) is 8. The minimum atomic E-state index is -1.40. The van der Waals surface area contributed by atoms with Crippen molar-refractivity contribution in [2.24, 2.45) is 0 Å². The maximum absolute atomic E-state index is 10.3. The summed E-state index contributed by atoms with van der Waals surface area (Å²) < 4.78 is 16.8. The van der Waals surface area contributed by atoms with Gasteiger partial charge in [-0.2, -0.15) is 0 Å². The second-order valence-electron chi connectivity index (χ2n) is 7.99. The molecular weight excluding hydrogens is 456 g/mol. The SMILES string of the molecule is OC[C@H]1O[C@@H](Sc2ccc(Cl)c(Cc3ccc(O[C@H]4CCOC4)cc3)c2)[C@H](O)[C@@H](O)[C@@H]1O. The molecule has 4 rings (SSSR count). The number of halogens is 1. The van der Waals surface area contributed by atoms with E-state index in [1.807, 2.05) is 30.3 Å². The van der Waals surface area contributed by atoms with Gasteiger partial charge in [-0.05, 0) is 47.9 Å². The molecule has 0 saturated carbocycles. The molecule has 4 N–H and O–H groups in total. The van der Waals surface area contributed by atoms with Gasteiger partial charge in [-0.25, -0.2) is 0 Å². The first-order chi connectivity index (χ1) is 15.4. The molecule has 2 aromatic carbocycles. The lowest BCUT2D eigenvalue weighted by molar-refractivity contribution is -0.205. The highest BCUT2D eigenvalue weighted by Crippen LogP contribution is 2.35. The number of aliphatic hydroxyl groups excluding tert-OH is 4. The van der Waals surface area contributed by atoms with Crippen LogP contribution in [0.2, 0.25) is 5.02 Å². The van der Waals surface area contributed by atoms with Gasteiger partial charge in [0.25, 0.3) is 0 Å². The fourth-order valence-electron chi connectivity index (χ4n) is 3.76. The van der Waals surface area contributed by atoms with Crippen LogP contribution in [0.5, 0.6) is 5.75 Å². The average Bonchev–Trinajstić information content (AvgIpc) is 3.31. The lowest BCUT2D eigenvalue weighted by Gasteiger charge is -2.39. The summed E-state index contributed by atoms with van der Waals surface area (Å²) >= 11 is 7.62. The summed E-state index contributed by atoms with van der Waals surface area (Å²) in [6.07, 6.45) is -3.40. The maximum Gasteiger partial charge on any atom is 0.136 e. The van der Waals surface area contributed by atoms with Crippen molar-refractivity contribution in [3.05, 3.63) is 58.6 Å². The molecule has 2 fully saturated rings. The molecule has 0 radical (unpaired) electrons. The van der Waals surface area contributed by atoms with Crippen molar-refractivity contribution in [1.82, 2.24) is 0 Å². The molecule has 0 aliphatic carbocycles. The van der Waals surface area contributed by atoms with Gasteiger partial charge in [-0.1, -0.05) is 35.5 Å². The molecule has 9 heteroatoms. The quantitative estimate of drug-likeness (QED) is 0.474. The van der Waals surface area contributed by atoms with Crippen LogP contribution in [0.25, 0.3) is 0 Å². The maximum atomic E-state index is 10.3. The highest BCUT2D eigenvalue weighted by Gasteiger charge is 2.43. The molecule has 0 amide bonds. The summed E-state index contributed by atoms with van der Waals surface area (Å²) in [6, 6.07) is 13.4. The first-order valence-corrected chi connectivity index (χ1v) is 11.8. The molecule has 174 valence electrons.